The van der Waals surface area contributed by atoms with E-state index in [-0.39, 0.29) is 27.7 Å². The van der Waals surface area contributed by atoms with E-state index < -0.39 is 11.7 Å². The van der Waals surface area contributed by atoms with Crippen LogP contribution in [0.5, 0.6) is 0 Å². The van der Waals surface area contributed by atoms with Crippen LogP contribution in [0.15, 0.2) is 42.5 Å². The summed E-state index contributed by atoms with van der Waals surface area (Å²) in [5.41, 5.74) is 3.30. The van der Waals surface area contributed by atoms with Gasteiger partial charge in [0.1, 0.15) is 5.82 Å². The summed E-state index contributed by atoms with van der Waals surface area (Å²) in [6.07, 6.45) is 1.08. The molecule has 0 bridgehead atoms. The van der Waals surface area contributed by atoms with Crippen LogP contribution in [-0.2, 0) is 4.79 Å². The highest BCUT2D eigenvalue weighted by atomic mass is 32.1. The summed E-state index contributed by atoms with van der Waals surface area (Å²) in [5, 5.41) is 13.4. The van der Waals surface area contributed by atoms with Gasteiger partial charge in [0, 0.05) is 30.4 Å². The van der Waals surface area contributed by atoms with E-state index in [9.17, 15) is 18.8 Å². The van der Waals surface area contributed by atoms with Crippen molar-refractivity contribution in [3.63, 3.8) is 0 Å². The maximum absolute atomic E-state index is 13.0. The van der Waals surface area contributed by atoms with Crippen molar-refractivity contribution < 1.29 is 18.8 Å². The molecule has 3 amide bonds. The average molecular weight is 482 g/mol. The lowest BCUT2D eigenvalue weighted by Crippen LogP contribution is -2.41. The van der Waals surface area contributed by atoms with Crippen molar-refractivity contribution in [2.75, 3.05) is 23.7 Å². The fourth-order valence-corrected chi connectivity index (χ4v) is 4.41. The first-order chi connectivity index (χ1) is 16.3. The molecule has 0 atom stereocenters. The van der Waals surface area contributed by atoms with Crippen LogP contribution in [0.2, 0.25) is 0 Å². The van der Waals surface area contributed by atoms with Gasteiger partial charge >= 0.3 is 0 Å². The van der Waals surface area contributed by atoms with Crippen LogP contribution in [0.3, 0.4) is 0 Å². The molecule has 1 saturated heterocycles. The lowest BCUT2D eigenvalue weighted by atomic mass is 9.95. The third kappa shape index (κ3) is 5.45. The van der Waals surface area contributed by atoms with Crippen LogP contribution in [0.25, 0.3) is 0 Å². The first kappa shape index (κ1) is 23.5. The maximum atomic E-state index is 13.0. The van der Waals surface area contributed by atoms with Crippen molar-refractivity contribution in [2.24, 2.45) is 5.92 Å². The van der Waals surface area contributed by atoms with Crippen LogP contribution in [-0.4, -0.2) is 45.9 Å². The molecule has 3 aromatic rings. The molecule has 1 aliphatic rings. The molecule has 0 unspecified atom stereocenters. The van der Waals surface area contributed by atoms with E-state index in [1.807, 2.05) is 32.0 Å². The Balaban J connectivity index is 1.31. The van der Waals surface area contributed by atoms with E-state index in [0.29, 0.717) is 31.6 Å². The van der Waals surface area contributed by atoms with Gasteiger partial charge in [-0.3, -0.25) is 14.4 Å². The number of aryl methyl sites for hydroxylation is 2. The monoisotopic (exact) mass is 481 g/mol. The van der Waals surface area contributed by atoms with E-state index >= 15 is 0 Å². The fourth-order valence-electron chi connectivity index (χ4n) is 3.70. The van der Waals surface area contributed by atoms with Gasteiger partial charge in [-0.2, -0.15) is 0 Å². The lowest BCUT2D eigenvalue weighted by molar-refractivity contribution is -0.121. The number of carbonyl (C=O) groups excluding carboxylic acids is 3. The third-order valence-electron chi connectivity index (χ3n) is 5.71. The van der Waals surface area contributed by atoms with E-state index in [2.05, 4.69) is 20.8 Å². The number of nitrogens with one attached hydrogen (secondary N) is 2. The zero-order valence-corrected chi connectivity index (χ0v) is 19.6. The van der Waals surface area contributed by atoms with Gasteiger partial charge in [0.25, 0.3) is 11.8 Å². The number of hydrogen-bond donors (Lipinski definition) is 2. The van der Waals surface area contributed by atoms with Crippen molar-refractivity contribution in [3.8, 4) is 0 Å². The summed E-state index contributed by atoms with van der Waals surface area (Å²) in [7, 11) is 0. The maximum Gasteiger partial charge on any atom is 0.286 e. The smallest absolute Gasteiger partial charge is 0.286 e. The second kappa shape index (κ2) is 10.1. The van der Waals surface area contributed by atoms with Gasteiger partial charge in [-0.25, -0.2) is 4.39 Å². The number of piperidine rings is 1. The van der Waals surface area contributed by atoms with Gasteiger partial charge in [0.2, 0.25) is 15.9 Å². The SMILES string of the molecule is Cc1ccc(C)c(NC(=O)C2CCN(C(=O)c3nnc(C(=O)Nc4ccc(F)cc4)s3)CC2)c1. The molecule has 0 saturated carbocycles. The van der Waals surface area contributed by atoms with Gasteiger partial charge in [0.15, 0.2) is 0 Å². The molecule has 2 heterocycles. The van der Waals surface area contributed by atoms with Gasteiger partial charge < -0.3 is 15.5 Å². The lowest BCUT2D eigenvalue weighted by Gasteiger charge is -2.30. The zero-order valence-electron chi connectivity index (χ0n) is 18.8. The van der Waals surface area contributed by atoms with E-state index in [1.54, 1.807) is 4.90 Å². The number of rotatable bonds is 5. The first-order valence-electron chi connectivity index (χ1n) is 10.9. The van der Waals surface area contributed by atoms with E-state index in [4.69, 9.17) is 0 Å². The van der Waals surface area contributed by atoms with Gasteiger partial charge in [-0.05, 0) is 68.1 Å². The van der Waals surface area contributed by atoms with Gasteiger partial charge in [0.05, 0.1) is 0 Å². The van der Waals surface area contributed by atoms with Crippen molar-refractivity contribution >= 4 is 40.4 Å². The van der Waals surface area contributed by atoms with Crippen molar-refractivity contribution in [2.45, 2.75) is 26.7 Å². The molecule has 1 aromatic heterocycles. The summed E-state index contributed by atoms with van der Waals surface area (Å²) in [6.45, 7) is 4.76. The molecule has 8 nitrogen and oxygen atoms in total. The van der Waals surface area contributed by atoms with Crippen LogP contribution in [0, 0.1) is 25.6 Å². The van der Waals surface area contributed by atoms with E-state index in [1.165, 1.54) is 24.3 Å². The average Bonchev–Trinajstić information content (AvgIpc) is 3.33. The fraction of sp³-hybridized carbons (Fsp3) is 0.292. The molecule has 0 spiro atoms. The highest BCUT2D eigenvalue weighted by molar-refractivity contribution is 7.15. The molecule has 2 N–H and O–H groups in total. The number of anilines is 2. The first-order valence-corrected chi connectivity index (χ1v) is 11.7. The standard InChI is InChI=1S/C24H24FN5O3S/c1-14-3-4-15(2)19(13-14)27-20(31)16-9-11-30(12-10-16)24(33)23-29-28-22(34-23)21(32)26-18-7-5-17(25)6-8-18/h3-8,13,16H,9-12H2,1-2H3,(H,26,32)(H,27,31). The summed E-state index contributed by atoms with van der Waals surface area (Å²) < 4.78 is 13.0. The molecule has 2 aromatic carbocycles. The molecule has 0 radical (unpaired) electrons. The second-order valence-electron chi connectivity index (χ2n) is 8.25. The Bertz CT molecular complexity index is 1220. The Morgan fingerprint density at radius 2 is 1.65 bits per heavy atom. The summed E-state index contributed by atoms with van der Waals surface area (Å²) in [5.74, 6) is -1.48. The molecule has 10 heteroatoms. The Morgan fingerprint density at radius 1 is 0.971 bits per heavy atom. The molecule has 0 aliphatic carbocycles. The summed E-state index contributed by atoms with van der Waals surface area (Å²) in [4.78, 5) is 39.6. The molecule has 1 aliphatic heterocycles. The predicted octanol–water partition coefficient (Wildman–Crippen LogP) is 4.04. The molecular weight excluding hydrogens is 457 g/mol. The quantitative estimate of drug-likeness (QED) is 0.572. The Kier molecular flexibility index (Phi) is 6.97. The Labute approximate surface area is 200 Å². The predicted molar refractivity (Wildman–Crippen MR) is 127 cm³/mol. The highest BCUT2D eigenvalue weighted by Crippen LogP contribution is 2.24. The van der Waals surface area contributed by atoms with Crippen molar-refractivity contribution in [3.05, 3.63) is 69.4 Å². The van der Waals surface area contributed by atoms with Crippen LogP contribution < -0.4 is 10.6 Å². The molecular formula is C24H24FN5O3S. The number of halogens is 1. The van der Waals surface area contributed by atoms with Crippen LogP contribution in [0.1, 0.15) is 43.6 Å². The topological polar surface area (TPSA) is 104 Å². The largest absolute Gasteiger partial charge is 0.336 e. The van der Waals surface area contributed by atoms with Gasteiger partial charge in [-0.15, -0.1) is 10.2 Å². The normalized spacial score (nSPS) is 14.0. The number of aromatic nitrogens is 2. The van der Waals surface area contributed by atoms with Crippen molar-refractivity contribution in [1.29, 1.82) is 0 Å². The Hall–Kier alpha value is -3.66. The number of hydrogen-bond acceptors (Lipinski definition) is 6. The van der Waals surface area contributed by atoms with Crippen LogP contribution >= 0.6 is 11.3 Å². The minimum atomic E-state index is -0.523. The molecule has 4 rings (SSSR count). The summed E-state index contributed by atoms with van der Waals surface area (Å²) in [6, 6.07) is 11.3. The van der Waals surface area contributed by atoms with E-state index in [0.717, 1.165) is 28.2 Å². The second-order valence-corrected chi connectivity index (χ2v) is 9.23. The van der Waals surface area contributed by atoms with Crippen molar-refractivity contribution in [1.82, 2.24) is 15.1 Å². The number of benzene rings is 2. The minimum Gasteiger partial charge on any atom is -0.336 e. The number of carbonyl (C=O) groups is 3. The summed E-state index contributed by atoms with van der Waals surface area (Å²) >= 11 is 0.898. The third-order valence-corrected chi connectivity index (χ3v) is 6.62. The van der Waals surface area contributed by atoms with Crippen LogP contribution in [0.4, 0.5) is 15.8 Å². The zero-order chi connectivity index (χ0) is 24.2. The number of nitrogens with zero attached hydrogens (tertiary/aromatic N) is 3. The Morgan fingerprint density at radius 3 is 2.35 bits per heavy atom. The van der Waals surface area contributed by atoms with Gasteiger partial charge in [-0.1, -0.05) is 23.5 Å². The number of likely N-dealkylation sites (tertiary alicyclic amines) is 1. The highest BCUT2D eigenvalue weighted by Gasteiger charge is 2.30. The molecule has 1 fully saturated rings. The minimum absolute atomic E-state index is 0.0375. The molecule has 34 heavy (non-hydrogen) atoms. The number of amides is 3. The molecule has 176 valence electrons.